The molecule has 0 spiro atoms. The van der Waals surface area contributed by atoms with Crippen LogP contribution in [0.2, 0.25) is 0 Å². The number of rotatable bonds is 6. The van der Waals surface area contributed by atoms with E-state index in [1.54, 1.807) is 0 Å². The Labute approximate surface area is 164 Å². The topological polar surface area (TPSA) is 75.4 Å². The number of piperidine rings is 1. The van der Waals surface area contributed by atoms with Crippen molar-refractivity contribution < 1.29 is 9.32 Å². The lowest BCUT2D eigenvalue weighted by Crippen LogP contribution is -2.48. The van der Waals surface area contributed by atoms with Gasteiger partial charge >= 0.3 is 0 Å². The normalized spacial score (nSPS) is 17.7. The molecular formula is C19H29N5O2S. The summed E-state index contributed by atoms with van der Waals surface area (Å²) in [6.45, 7) is 9.82. The van der Waals surface area contributed by atoms with Crippen molar-refractivity contribution in [1.29, 1.82) is 0 Å². The highest BCUT2D eigenvalue weighted by Crippen LogP contribution is 2.26. The Kier molecular flexibility index (Phi) is 6.14. The molecule has 1 atom stereocenters. The molecule has 1 aliphatic heterocycles. The lowest BCUT2D eigenvalue weighted by molar-refractivity contribution is 0.0705. The van der Waals surface area contributed by atoms with Gasteiger partial charge in [-0.05, 0) is 24.7 Å². The summed E-state index contributed by atoms with van der Waals surface area (Å²) in [7, 11) is 2.05. The molecule has 7 nitrogen and oxygen atoms in total. The fraction of sp³-hybridized carbons (Fsp3) is 0.684. The largest absolute Gasteiger partial charge is 0.364 e. The van der Waals surface area contributed by atoms with Crippen LogP contribution >= 0.6 is 11.5 Å². The van der Waals surface area contributed by atoms with Gasteiger partial charge < -0.3 is 14.3 Å². The molecule has 0 radical (unpaired) electrons. The number of hydrogen-bond acceptors (Lipinski definition) is 7. The SMILES string of the molecule is CC(C)Cc1nsc(N(C)C2CCCN(C(=O)c3conc3C(C)C)C2)n1. The van der Waals surface area contributed by atoms with Crippen LogP contribution in [-0.2, 0) is 6.42 Å². The molecule has 27 heavy (non-hydrogen) atoms. The van der Waals surface area contributed by atoms with Crippen molar-refractivity contribution in [3.05, 3.63) is 23.3 Å². The van der Waals surface area contributed by atoms with Gasteiger partial charge in [-0.1, -0.05) is 32.9 Å². The maximum absolute atomic E-state index is 13.0. The summed E-state index contributed by atoms with van der Waals surface area (Å²) in [6, 6.07) is 0.241. The first-order valence-electron chi connectivity index (χ1n) is 9.65. The maximum atomic E-state index is 13.0. The monoisotopic (exact) mass is 391 g/mol. The first kappa shape index (κ1) is 19.8. The average molecular weight is 392 g/mol. The third kappa shape index (κ3) is 4.48. The zero-order chi connectivity index (χ0) is 19.6. The van der Waals surface area contributed by atoms with Gasteiger partial charge in [0.2, 0.25) is 5.13 Å². The second-order valence-corrected chi connectivity index (χ2v) is 8.75. The van der Waals surface area contributed by atoms with Crippen LogP contribution in [0.15, 0.2) is 10.8 Å². The van der Waals surface area contributed by atoms with E-state index in [0.717, 1.165) is 42.5 Å². The van der Waals surface area contributed by atoms with Crippen LogP contribution < -0.4 is 4.90 Å². The molecule has 2 aromatic heterocycles. The minimum absolute atomic E-state index is 0.0100. The van der Waals surface area contributed by atoms with E-state index in [1.165, 1.54) is 17.8 Å². The average Bonchev–Trinajstić information content (AvgIpc) is 3.29. The number of carbonyl (C=O) groups excluding carboxylic acids is 1. The Morgan fingerprint density at radius 1 is 1.41 bits per heavy atom. The van der Waals surface area contributed by atoms with Crippen LogP contribution in [0.5, 0.6) is 0 Å². The Bertz CT molecular complexity index is 770. The second-order valence-electron chi connectivity index (χ2n) is 8.02. The van der Waals surface area contributed by atoms with Crippen LogP contribution in [0.25, 0.3) is 0 Å². The highest BCUT2D eigenvalue weighted by atomic mass is 32.1. The van der Waals surface area contributed by atoms with Gasteiger partial charge in [0.1, 0.15) is 17.7 Å². The van der Waals surface area contributed by atoms with Crippen LogP contribution in [0.1, 0.15) is 68.3 Å². The van der Waals surface area contributed by atoms with Gasteiger partial charge in [0.25, 0.3) is 5.91 Å². The van der Waals surface area contributed by atoms with Crippen molar-refractivity contribution in [1.82, 2.24) is 19.4 Å². The lowest BCUT2D eigenvalue weighted by atomic mass is 10.0. The van der Waals surface area contributed by atoms with Crippen molar-refractivity contribution in [2.45, 2.75) is 58.9 Å². The Morgan fingerprint density at radius 3 is 2.89 bits per heavy atom. The van der Waals surface area contributed by atoms with E-state index in [1.807, 2.05) is 18.7 Å². The molecule has 1 amide bonds. The number of aromatic nitrogens is 3. The number of hydrogen-bond donors (Lipinski definition) is 0. The van der Waals surface area contributed by atoms with Crippen molar-refractivity contribution in [3.8, 4) is 0 Å². The van der Waals surface area contributed by atoms with E-state index in [9.17, 15) is 4.79 Å². The van der Waals surface area contributed by atoms with E-state index < -0.39 is 0 Å². The van der Waals surface area contributed by atoms with Gasteiger partial charge in [0, 0.05) is 44.1 Å². The molecule has 0 aliphatic carbocycles. The first-order chi connectivity index (χ1) is 12.9. The fourth-order valence-electron chi connectivity index (χ4n) is 3.44. The van der Waals surface area contributed by atoms with Crippen LogP contribution in [0, 0.1) is 5.92 Å². The molecule has 1 aliphatic rings. The minimum atomic E-state index is 0.0100. The van der Waals surface area contributed by atoms with Crippen molar-refractivity contribution in [2.24, 2.45) is 5.92 Å². The van der Waals surface area contributed by atoms with Gasteiger partial charge in [-0.25, -0.2) is 4.98 Å². The molecule has 3 heterocycles. The van der Waals surface area contributed by atoms with Crippen molar-refractivity contribution in [2.75, 3.05) is 25.0 Å². The van der Waals surface area contributed by atoms with E-state index in [4.69, 9.17) is 4.52 Å². The number of anilines is 1. The predicted octanol–water partition coefficient (Wildman–Crippen LogP) is 3.59. The van der Waals surface area contributed by atoms with Gasteiger partial charge in [-0.3, -0.25) is 4.79 Å². The van der Waals surface area contributed by atoms with Gasteiger partial charge in [-0.15, -0.1) is 0 Å². The summed E-state index contributed by atoms with van der Waals surface area (Å²) in [4.78, 5) is 21.8. The summed E-state index contributed by atoms with van der Waals surface area (Å²) in [6.07, 6.45) is 4.39. The molecular weight excluding hydrogens is 362 g/mol. The van der Waals surface area contributed by atoms with Gasteiger partial charge in [-0.2, -0.15) is 4.37 Å². The highest BCUT2D eigenvalue weighted by molar-refractivity contribution is 7.09. The third-order valence-electron chi connectivity index (χ3n) is 4.96. The van der Waals surface area contributed by atoms with Crippen LogP contribution in [0.3, 0.4) is 0 Å². The first-order valence-corrected chi connectivity index (χ1v) is 10.4. The Morgan fingerprint density at radius 2 is 2.19 bits per heavy atom. The summed E-state index contributed by atoms with van der Waals surface area (Å²) >= 11 is 1.44. The molecule has 1 unspecified atom stereocenters. The molecule has 8 heteroatoms. The molecule has 0 aromatic carbocycles. The number of amides is 1. The van der Waals surface area contributed by atoms with Gasteiger partial charge in [0.05, 0.1) is 5.69 Å². The smallest absolute Gasteiger partial charge is 0.259 e. The van der Waals surface area contributed by atoms with Crippen molar-refractivity contribution >= 4 is 22.6 Å². The van der Waals surface area contributed by atoms with E-state index in [0.29, 0.717) is 18.0 Å². The predicted molar refractivity (Wildman–Crippen MR) is 106 cm³/mol. The Hall–Kier alpha value is -1.96. The number of carbonyl (C=O) groups is 1. The summed E-state index contributed by atoms with van der Waals surface area (Å²) in [5, 5.41) is 4.94. The summed E-state index contributed by atoms with van der Waals surface area (Å²) < 4.78 is 9.56. The molecule has 1 saturated heterocycles. The molecule has 2 aromatic rings. The van der Waals surface area contributed by atoms with Crippen LogP contribution in [-0.4, -0.2) is 51.5 Å². The fourth-order valence-corrected chi connectivity index (χ4v) is 4.17. The zero-order valence-corrected chi connectivity index (χ0v) is 17.6. The molecule has 0 bridgehead atoms. The number of likely N-dealkylation sites (N-methyl/N-ethyl adjacent to an activating group) is 1. The van der Waals surface area contributed by atoms with E-state index in [-0.39, 0.29) is 17.9 Å². The maximum Gasteiger partial charge on any atom is 0.259 e. The van der Waals surface area contributed by atoms with Crippen molar-refractivity contribution in [3.63, 3.8) is 0 Å². The molecule has 1 fully saturated rings. The number of likely N-dealkylation sites (tertiary alicyclic amines) is 1. The van der Waals surface area contributed by atoms with Gasteiger partial charge in [0.15, 0.2) is 0 Å². The second kappa shape index (κ2) is 8.37. The standard InChI is InChI=1S/C19H29N5O2S/c1-12(2)9-16-20-19(27-22-16)23(5)14-7-6-8-24(10-14)18(25)15-11-26-21-17(15)13(3)4/h11-14H,6-10H2,1-5H3. The minimum Gasteiger partial charge on any atom is -0.364 e. The highest BCUT2D eigenvalue weighted by Gasteiger charge is 2.30. The summed E-state index contributed by atoms with van der Waals surface area (Å²) in [5.41, 5.74) is 1.32. The quantitative estimate of drug-likeness (QED) is 0.749. The zero-order valence-electron chi connectivity index (χ0n) is 16.8. The van der Waals surface area contributed by atoms with E-state index >= 15 is 0 Å². The molecule has 0 saturated carbocycles. The Balaban J connectivity index is 1.69. The molecule has 0 N–H and O–H groups in total. The van der Waals surface area contributed by atoms with E-state index in [2.05, 4.69) is 40.3 Å². The van der Waals surface area contributed by atoms with Crippen LogP contribution in [0.4, 0.5) is 5.13 Å². The molecule has 3 rings (SSSR count). The number of nitrogens with zero attached hydrogens (tertiary/aromatic N) is 5. The molecule has 148 valence electrons. The third-order valence-corrected chi connectivity index (χ3v) is 5.80. The summed E-state index contributed by atoms with van der Waals surface area (Å²) in [5.74, 6) is 1.62. The lowest BCUT2D eigenvalue weighted by Gasteiger charge is -2.37.